The predicted molar refractivity (Wildman–Crippen MR) is 87.8 cm³/mol. The van der Waals surface area contributed by atoms with Crippen molar-refractivity contribution in [3.8, 4) is 5.75 Å². The summed E-state index contributed by atoms with van der Waals surface area (Å²) in [6.07, 6.45) is 0. The molecular formula is C14H20ClNO3S2. The van der Waals surface area contributed by atoms with Gasteiger partial charge in [-0.3, -0.25) is 0 Å². The molecule has 7 heteroatoms. The largest absolute Gasteiger partial charge is 0.494 e. The fourth-order valence-corrected chi connectivity index (χ4v) is 5.44. The lowest BCUT2D eigenvalue weighted by Crippen LogP contribution is -2.44. The average Bonchev–Trinajstić information content (AvgIpc) is 2.48. The van der Waals surface area contributed by atoms with Crippen LogP contribution in [0.5, 0.6) is 5.75 Å². The van der Waals surface area contributed by atoms with Gasteiger partial charge in [0.1, 0.15) is 5.75 Å². The van der Waals surface area contributed by atoms with E-state index >= 15 is 0 Å². The number of alkyl halides is 1. The van der Waals surface area contributed by atoms with Crippen molar-refractivity contribution < 1.29 is 13.2 Å². The molecule has 0 radical (unpaired) electrons. The molecule has 1 saturated heterocycles. The Labute approximate surface area is 135 Å². The number of sulfonamides is 1. The number of halogens is 1. The Bertz CT molecular complexity index is 592. The highest BCUT2D eigenvalue weighted by Crippen LogP contribution is 2.29. The van der Waals surface area contributed by atoms with E-state index in [1.165, 1.54) is 0 Å². The molecule has 1 aliphatic heterocycles. The number of nitrogens with zero attached hydrogens (tertiary/aromatic N) is 1. The zero-order valence-electron chi connectivity index (χ0n) is 12.2. The first-order valence-corrected chi connectivity index (χ1v) is 10.0. The highest BCUT2D eigenvalue weighted by molar-refractivity contribution is 7.99. The van der Waals surface area contributed by atoms with E-state index in [1.54, 1.807) is 34.3 Å². The minimum absolute atomic E-state index is 0.0137. The number of ether oxygens (including phenoxy) is 1. The summed E-state index contributed by atoms with van der Waals surface area (Å²) in [7, 11) is -3.47. The molecule has 0 spiro atoms. The third-order valence-corrected chi connectivity index (χ3v) is 6.88. The molecule has 2 rings (SSSR count). The molecule has 0 amide bonds. The van der Waals surface area contributed by atoms with Crippen LogP contribution in [0.25, 0.3) is 0 Å². The third-order valence-electron chi connectivity index (χ3n) is 3.39. The molecule has 0 saturated carbocycles. The quantitative estimate of drug-likeness (QED) is 0.767. The first-order valence-electron chi connectivity index (χ1n) is 6.92. The Morgan fingerprint density at radius 2 is 2.24 bits per heavy atom. The molecule has 1 aliphatic rings. The standard InChI is InChI=1S/C14H20ClNO3S2/c1-3-19-14-5-4-13(8-12(14)9-15)21(17,18)16-6-7-20-10-11(16)2/h4-5,8,11H,3,6-7,9-10H2,1-2H3. The van der Waals surface area contributed by atoms with Crippen LogP contribution in [0.2, 0.25) is 0 Å². The van der Waals surface area contributed by atoms with Gasteiger partial charge in [-0.15, -0.1) is 11.6 Å². The van der Waals surface area contributed by atoms with Gasteiger partial charge in [0.05, 0.1) is 17.4 Å². The fraction of sp³-hybridized carbons (Fsp3) is 0.571. The lowest BCUT2D eigenvalue weighted by atomic mass is 10.2. The Kier molecular flexibility index (Phi) is 5.82. The molecule has 1 aromatic carbocycles. The Balaban J connectivity index is 2.35. The minimum Gasteiger partial charge on any atom is -0.494 e. The van der Waals surface area contributed by atoms with Crippen LogP contribution in [0.1, 0.15) is 19.4 Å². The van der Waals surface area contributed by atoms with Crippen LogP contribution in [-0.4, -0.2) is 43.4 Å². The van der Waals surface area contributed by atoms with E-state index in [0.29, 0.717) is 29.4 Å². The zero-order valence-corrected chi connectivity index (χ0v) is 14.6. The molecule has 1 aromatic rings. The molecule has 0 aliphatic carbocycles. The topological polar surface area (TPSA) is 46.6 Å². The van der Waals surface area contributed by atoms with Crippen molar-refractivity contribution >= 4 is 33.4 Å². The molecule has 0 bridgehead atoms. The maximum Gasteiger partial charge on any atom is 0.243 e. The van der Waals surface area contributed by atoms with Crippen LogP contribution >= 0.6 is 23.4 Å². The minimum atomic E-state index is -3.47. The summed E-state index contributed by atoms with van der Waals surface area (Å²) in [4.78, 5) is 0.292. The van der Waals surface area contributed by atoms with Gasteiger partial charge in [0.2, 0.25) is 10.0 Å². The van der Waals surface area contributed by atoms with Crippen LogP contribution in [-0.2, 0) is 15.9 Å². The number of thioether (sulfide) groups is 1. The van der Waals surface area contributed by atoms with Crippen molar-refractivity contribution in [3.05, 3.63) is 23.8 Å². The van der Waals surface area contributed by atoms with Crippen LogP contribution in [0, 0.1) is 0 Å². The van der Waals surface area contributed by atoms with Gasteiger partial charge in [0, 0.05) is 29.7 Å². The van der Waals surface area contributed by atoms with Gasteiger partial charge in [0.15, 0.2) is 0 Å². The highest BCUT2D eigenvalue weighted by Gasteiger charge is 2.31. The summed E-state index contributed by atoms with van der Waals surface area (Å²) in [5, 5.41) is 0. The first kappa shape index (κ1) is 16.9. The summed E-state index contributed by atoms with van der Waals surface area (Å²) in [6, 6.07) is 4.93. The highest BCUT2D eigenvalue weighted by atomic mass is 35.5. The van der Waals surface area contributed by atoms with Gasteiger partial charge in [-0.2, -0.15) is 16.1 Å². The summed E-state index contributed by atoms with van der Waals surface area (Å²) >= 11 is 7.70. The molecule has 1 unspecified atom stereocenters. The normalized spacial score (nSPS) is 20.4. The number of hydrogen-bond acceptors (Lipinski definition) is 4. The molecule has 0 aromatic heterocycles. The van der Waals surface area contributed by atoms with Crippen molar-refractivity contribution in [1.29, 1.82) is 0 Å². The zero-order chi connectivity index (χ0) is 15.5. The van der Waals surface area contributed by atoms with Gasteiger partial charge in [-0.1, -0.05) is 0 Å². The van der Waals surface area contributed by atoms with E-state index < -0.39 is 10.0 Å². The van der Waals surface area contributed by atoms with Crippen molar-refractivity contribution in [2.75, 3.05) is 24.7 Å². The molecule has 1 heterocycles. The van der Waals surface area contributed by atoms with E-state index in [0.717, 1.165) is 11.5 Å². The molecule has 4 nitrogen and oxygen atoms in total. The van der Waals surface area contributed by atoms with Gasteiger partial charge in [-0.05, 0) is 32.0 Å². The molecule has 1 atom stereocenters. The van der Waals surface area contributed by atoms with Crippen molar-refractivity contribution in [3.63, 3.8) is 0 Å². The maximum atomic E-state index is 12.8. The fourth-order valence-electron chi connectivity index (χ4n) is 2.32. The van der Waals surface area contributed by atoms with E-state index in [-0.39, 0.29) is 11.9 Å². The Hall–Kier alpha value is -0.430. The lowest BCUT2D eigenvalue weighted by molar-refractivity contribution is 0.337. The lowest BCUT2D eigenvalue weighted by Gasteiger charge is -2.32. The third kappa shape index (κ3) is 3.67. The summed E-state index contributed by atoms with van der Waals surface area (Å²) in [5.74, 6) is 2.54. The van der Waals surface area contributed by atoms with Gasteiger partial charge < -0.3 is 4.74 Å². The monoisotopic (exact) mass is 349 g/mol. The van der Waals surface area contributed by atoms with Gasteiger partial charge in [0.25, 0.3) is 0 Å². The average molecular weight is 350 g/mol. The number of hydrogen-bond donors (Lipinski definition) is 0. The molecule has 21 heavy (non-hydrogen) atoms. The second-order valence-electron chi connectivity index (χ2n) is 4.88. The SMILES string of the molecule is CCOc1ccc(S(=O)(=O)N2CCSCC2C)cc1CCl. The smallest absolute Gasteiger partial charge is 0.243 e. The van der Waals surface area contributed by atoms with Crippen molar-refractivity contribution in [2.24, 2.45) is 0 Å². The van der Waals surface area contributed by atoms with Crippen molar-refractivity contribution in [2.45, 2.75) is 30.7 Å². The molecular weight excluding hydrogens is 330 g/mol. The van der Waals surface area contributed by atoms with Crippen LogP contribution in [0.3, 0.4) is 0 Å². The first-order chi connectivity index (χ1) is 10.0. The Morgan fingerprint density at radius 1 is 1.48 bits per heavy atom. The van der Waals surface area contributed by atoms with Crippen molar-refractivity contribution in [1.82, 2.24) is 4.31 Å². The van der Waals surface area contributed by atoms with Gasteiger partial charge in [-0.25, -0.2) is 8.42 Å². The Morgan fingerprint density at radius 3 is 2.86 bits per heavy atom. The summed E-state index contributed by atoms with van der Waals surface area (Å²) in [5.41, 5.74) is 0.707. The van der Waals surface area contributed by atoms with E-state index in [4.69, 9.17) is 16.3 Å². The van der Waals surface area contributed by atoms with Gasteiger partial charge >= 0.3 is 0 Å². The number of benzene rings is 1. The maximum absolute atomic E-state index is 12.8. The number of rotatable bonds is 5. The van der Waals surface area contributed by atoms with Crippen LogP contribution < -0.4 is 4.74 Å². The van der Waals surface area contributed by atoms with E-state index in [2.05, 4.69) is 0 Å². The summed E-state index contributed by atoms with van der Waals surface area (Å²) < 4.78 is 32.6. The van der Waals surface area contributed by atoms with Crippen LogP contribution in [0.15, 0.2) is 23.1 Å². The molecule has 118 valence electrons. The molecule has 1 fully saturated rings. The van der Waals surface area contributed by atoms with E-state index in [9.17, 15) is 8.42 Å². The van der Waals surface area contributed by atoms with E-state index in [1.807, 2.05) is 13.8 Å². The second-order valence-corrected chi connectivity index (χ2v) is 8.18. The predicted octanol–water partition coefficient (Wildman–Crippen LogP) is 2.95. The summed E-state index contributed by atoms with van der Waals surface area (Å²) in [6.45, 7) is 4.91. The molecule has 0 N–H and O–H groups in total. The van der Waals surface area contributed by atoms with Crippen LogP contribution in [0.4, 0.5) is 0 Å². The second kappa shape index (κ2) is 7.22.